The van der Waals surface area contributed by atoms with E-state index in [9.17, 15) is 4.79 Å². The van der Waals surface area contributed by atoms with Crippen LogP contribution in [0.4, 0.5) is 0 Å². The van der Waals surface area contributed by atoms with Crippen LogP contribution in [0.5, 0.6) is 0 Å². The van der Waals surface area contributed by atoms with Crippen molar-refractivity contribution in [1.82, 2.24) is 0 Å². The SMILES string of the molecule is C=CC1CC1N=C=O.O=CO. The first kappa shape index (κ1) is 9.59. The highest BCUT2D eigenvalue weighted by Gasteiger charge is 2.33. The summed E-state index contributed by atoms with van der Waals surface area (Å²) in [6.07, 6.45) is 4.33. The van der Waals surface area contributed by atoms with Crippen LogP contribution >= 0.6 is 0 Å². The molecule has 60 valence electrons. The number of hydrogen-bond donors (Lipinski definition) is 1. The topological polar surface area (TPSA) is 66.7 Å². The molecule has 0 bridgehead atoms. The Balaban J connectivity index is 0.000000292. The average molecular weight is 155 g/mol. The van der Waals surface area contributed by atoms with Crippen molar-refractivity contribution in [1.29, 1.82) is 0 Å². The molecular weight excluding hydrogens is 146 g/mol. The van der Waals surface area contributed by atoms with Crippen LogP contribution in [0.15, 0.2) is 17.6 Å². The maximum atomic E-state index is 9.59. The molecule has 1 rings (SSSR count). The minimum Gasteiger partial charge on any atom is -0.483 e. The second kappa shape index (κ2) is 5.38. The van der Waals surface area contributed by atoms with E-state index < -0.39 is 0 Å². The van der Waals surface area contributed by atoms with Crippen LogP contribution in [-0.2, 0) is 9.59 Å². The van der Waals surface area contributed by atoms with Crippen molar-refractivity contribution in [2.75, 3.05) is 0 Å². The standard InChI is InChI=1S/C6H7NO.CH2O2/c1-2-5-3-6(5)7-4-8;2-1-3/h2,5-6H,1,3H2;1H,(H,2,3). The molecule has 0 amide bonds. The summed E-state index contributed by atoms with van der Waals surface area (Å²) in [6.45, 7) is 3.32. The Bertz CT molecular complexity index is 184. The quantitative estimate of drug-likeness (QED) is 0.275. The second-order valence-electron chi connectivity index (χ2n) is 2.03. The molecule has 1 saturated carbocycles. The van der Waals surface area contributed by atoms with Gasteiger partial charge < -0.3 is 5.11 Å². The molecule has 4 heteroatoms. The Labute approximate surface area is 64.3 Å². The number of hydrogen-bond acceptors (Lipinski definition) is 3. The van der Waals surface area contributed by atoms with Crippen molar-refractivity contribution in [3.05, 3.63) is 12.7 Å². The van der Waals surface area contributed by atoms with Gasteiger partial charge in [0.1, 0.15) is 0 Å². The largest absolute Gasteiger partial charge is 0.483 e. The van der Waals surface area contributed by atoms with Gasteiger partial charge in [-0.05, 0) is 6.42 Å². The van der Waals surface area contributed by atoms with E-state index in [-0.39, 0.29) is 12.5 Å². The van der Waals surface area contributed by atoms with E-state index in [4.69, 9.17) is 9.90 Å². The predicted molar refractivity (Wildman–Crippen MR) is 38.9 cm³/mol. The fourth-order valence-corrected chi connectivity index (χ4v) is 0.670. The molecule has 2 unspecified atom stereocenters. The molecule has 0 spiro atoms. The molecule has 0 heterocycles. The molecule has 1 N–H and O–H groups in total. The van der Waals surface area contributed by atoms with Gasteiger partial charge in [0.15, 0.2) is 0 Å². The van der Waals surface area contributed by atoms with Crippen molar-refractivity contribution in [2.24, 2.45) is 10.9 Å². The highest BCUT2D eigenvalue weighted by molar-refractivity contribution is 5.35. The first-order valence-electron chi connectivity index (χ1n) is 3.07. The zero-order valence-corrected chi connectivity index (χ0v) is 5.93. The number of carbonyl (C=O) groups excluding carboxylic acids is 1. The molecule has 0 aromatic heterocycles. The average Bonchev–Trinajstić information content (AvgIpc) is 2.70. The lowest BCUT2D eigenvalue weighted by Gasteiger charge is -1.74. The fourth-order valence-electron chi connectivity index (χ4n) is 0.670. The van der Waals surface area contributed by atoms with Gasteiger partial charge in [-0.15, -0.1) is 6.58 Å². The highest BCUT2D eigenvalue weighted by Crippen LogP contribution is 2.33. The third-order valence-corrected chi connectivity index (χ3v) is 1.33. The summed E-state index contributed by atoms with van der Waals surface area (Å²) in [5.41, 5.74) is 0. The predicted octanol–water partition coefficient (Wildman–Crippen LogP) is 0.597. The van der Waals surface area contributed by atoms with Crippen molar-refractivity contribution < 1.29 is 14.7 Å². The first-order chi connectivity index (χ1) is 5.29. The number of aliphatic imine (C=N–C) groups is 1. The summed E-state index contributed by atoms with van der Waals surface area (Å²) in [4.78, 5) is 21.5. The van der Waals surface area contributed by atoms with Crippen molar-refractivity contribution in [2.45, 2.75) is 12.5 Å². The van der Waals surface area contributed by atoms with Gasteiger partial charge in [-0.2, -0.15) is 0 Å². The molecule has 1 fully saturated rings. The first-order valence-corrected chi connectivity index (χ1v) is 3.07. The minimum absolute atomic E-state index is 0.213. The van der Waals surface area contributed by atoms with Gasteiger partial charge in [0.2, 0.25) is 6.08 Å². The Morgan fingerprint density at radius 3 is 2.55 bits per heavy atom. The number of isocyanates is 1. The lowest BCUT2D eigenvalue weighted by Crippen LogP contribution is -1.75. The highest BCUT2D eigenvalue weighted by atomic mass is 16.3. The van der Waals surface area contributed by atoms with Crippen LogP contribution in [0.3, 0.4) is 0 Å². The Morgan fingerprint density at radius 1 is 1.73 bits per heavy atom. The Morgan fingerprint density at radius 2 is 2.27 bits per heavy atom. The number of nitrogens with zero attached hydrogens (tertiary/aromatic N) is 1. The fraction of sp³-hybridized carbons (Fsp3) is 0.429. The third kappa shape index (κ3) is 4.06. The minimum atomic E-state index is -0.250. The normalized spacial score (nSPS) is 25.1. The molecule has 1 aliphatic carbocycles. The molecule has 11 heavy (non-hydrogen) atoms. The summed E-state index contributed by atoms with van der Waals surface area (Å²) in [5, 5.41) is 6.89. The van der Waals surface area contributed by atoms with Crippen LogP contribution in [0, 0.1) is 5.92 Å². The zero-order chi connectivity index (χ0) is 8.69. The van der Waals surface area contributed by atoms with Gasteiger partial charge >= 0.3 is 0 Å². The van der Waals surface area contributed by atoms with Gasteiger partial charge in [0, 0.05) is 5.92 Å². The molecule has 2 atom stereocenters. The van der Waals surface area contributed by atoms with E-state index in [1.165, 1.54) is 6.08 Å². The molecule has 4 nitrogen and oxygen atoms in total. The van der Waals surface area contributed by atoms with Crippen LogP contribution in [0.1, 0.15) is 6.42 Å². The van der Waals surface area contributed by atoms with Gasteiger partial charge in [-0.3, -0.25) is 4.79 Å². The van der Waals surface area contributed by atoms with E-state index in [2.05, 4.69) is 11.6 Å². The van der Waals surface area contributed by atoms with Crippen LogP contribution in [-0.4, -0.2) is 23.7 Å². The van der Waals surface area contributed by atoms with Crippen molar-refractivity contribution >= 4 is 12.6 Å². The smallest absolute Gasteiger partial charge is 0.290 e. The van der Waals surface area contributed by atoms with Crippen LogP contribution < -0.4 is 0 Å². The van der Waals surface area contributed by atoms with E-state index in [1.54, 1.807) is 0 Å². The molecule has 0 saturated heterocycles. The van der Waals surface area contributed by atoms with Crippen molar-refractivity contribution in [3.8, 4) is 0 Å². The summed E-state index contributed by atoms with van der Waals surface area (Å²) in [5.74, 6) is 0.455. The molecule has 0 aromatic carbocycles. The second-order valence-corrected chi connectivity index (χ2v) is 2.03. The Hall–Kier alpha value is -1.41. The third-order valence-electron chi connectivity index (χ3n) is 1.33. The van der Waals surface area contributed by atoms with Crippen LogP contribution in [0.25, 0.3) is 0 Å². The maximum Gasteiger partial charge on any atom is 0.290 e. The lowest BCUT2D eigenvalue weighted by atomic mass is 10.4. The van der Waals surface area contributed by atoms with Gasteiger partial charge in [0.05, 0.1) is 6.04 Å². The van der Waals surface area contributed by atoms with E-state index >= 15 is 0 Å². The number of carboxylic acid groups (broad SMARTS) is 1. The number of rotatable bonds is 2. The molecular formula is C7H9NO3. The van der Waals surface area contributed by atoms with Crippen LogP contribution in [0.2, 0.25) is 0 Å². The molecule has 1 aliphatic rings. The summed E-state index contributed by atoms with van der Waals surface area (Å²) in [7, 11) is 0. The summed E-state index contributed by atoms with van der Waals surface area (Å²) in [6, 6.07) is 0.213. The van der Waals surface area contributed by atoms with E-state index in [1.807, 2.05) is 6.08 Å². The monoisotopic (exact) mass is 155 g/mol. The van der Waals surface area contributed by atoms with E-state index in [0.29, 0.717) is 5.92 Å². The van der Waals surface area contributed by atoms with Crippen molar-refractivity contribution in [3.63, 3.8) is 0 Å². The summed E-state index contributed by atoms with van der Waals surface area (Å²) >= 11 is 0. The summed E-state index contributed by atoms with van der Waals surface area (Å²) < 4.78 is 0. The molecule has 0 aliphatic heterocycles. The van der Waals surface area contributed by atoms with Gasteiger partial charge in [-0.1, -0.05) is 6.08 Å². The lowest BCUT2D eigenvalue weighted by molar-refractivity contribution is -0.122. The zero-order valence-electron chi connectivity index (χ0n) is 5.93. The van der Waals surface area contributed by atoms with E-state index in [0.717, 1.165) is 6.42 Å². The van der Waals surface area contributed by atoms with Gasteiger partial charge in [0.25, 0.3) is 6.47 Å². The maximum absolute atomic E-state index is 9.59. The van der Waals surface area contributed by atoms with Gasteiger partial charge in [-0.25, -0.2) is 9.79 Å². The molecule has 0 radical (unpaired) electrons. The Kier molecular flexibility index (Phi) is 4.69. The number of carbonyl (C=O) groups is 1. The molecule has 0 aromatic rings.